The smallest absolute Gasteiger partial charge is 0.316 e. The number of rotatable bonds is 6. The van der Waals surface area contributed by atoms with Crippen LogP contribution in [0.15, 0.2) is 76.4 Å². The molecule has 1 aromatic heterocycles. The Bertz CT molecular complexity index is 1240. The highest BCUT2D eigenvalue weighted by Gasteiger charge is 2.20. The number of esters is 1. The van der Waals surface area contributed by atoms with E-state index >= 15 is 0 Å². The molecule has 0 unspecified atom stereocenters. The Morgan fingerprint density at radius 2 is 1.77 bits per heavy atom. The van der Waals surface area contributed by atoms with Crippen molar-refractivity contribution < 1.29 is 18.7 Å². The minimum absolute atomic E-state index is 0.0255. The molecule has 1 heterocycles. The summed E-state index contributed by atoms with van der Waals surface area (Å²) in [5.74, 6) is -0.679. The number of aromatic nitrogens is 1. The summed E-state index contributed by atoms with van der Waals surface area (Å²) in [4.78, 5) is 28.9. The van der Waals surface area contributed by atoms with E-state index in [-0.39, 0.29) is 18.1 Å². The Morgan fingerprint density at radius 1 is 0.967 bits per heavy atom. The van der Waals surface area contributed by atoms with Crippen LogP contribution in [-0.2, 0) is 16.0 Å². The molecule has 0 bridgehead atoms. The number of Topliss-reactive ketones (excluding diaryl/α,β-unsaturated/α-hetero) is 1. The second-order valence-corrected chi connectivity index (χ2v) is 7.95. The van der Waals surface area contributed by atoms with Gasteiger partial charge in [-0.1, -0.05) is 60.3 Å². The van der Waals surface area contributed by atoms with E-state index in [2.05, 4.69) is 17.1 Å². The van der Waals surface area contributed by atoms with Crippen LogP contribution in [0.5, 0.6) is 0 Å². The Morgan fingerprint density at radius 3 is 2.67 bits per heavy atom. The first-order chi connectivity index (χ1) is 14.7. The number of ketones is 1. The van der Waals surface area contributed by atoms with Crippen molar-refractivity contribution in [2.75, 3.05) is 12.4 Å². The average molecular weight is 415 g/mol. The lowest BCUT2D eigenvalue weighted by atomic mass is 10.0. The van der Waals surface area contributed by atoms with Crippen LogP contribution in [0.25, 0.3) is 22.2 Å². The second kappa shape index (κ2) is 7.80. The van der Waals surface area contributed by atoms with Gasteiger partial charge in [0, 0.05) is 5.56 Å². The fourth-order valence-corrected chi connectivity index (χ4v) is 4.24. The third-order valence-electron chi connectivity index (χ3n) is 5.07. The largest absolute Gasteiger partial charge is 0.457 e. The molecule has 6 heteroatoms. The first-order valence-electron chi connectivity index (χ1n) is 9.56. The number of thioether (sulfide) groups is 1. The van der Waals surface area contributed by atoms with E-state index in [0.29, 0.717) is 16.4 Å². The van der Waals surface area contributed by atoms with Gasteiger partial charge in [-0.3, -0.25) is 9.59 Å². The number of fused-ring (bicyclic) bond motifs is 4. The zero-order chi connectivity index (χ0) is 20.5. The standard InChI is InChI=1S/C24H17NO4S/c26-21(17-10-9-16-11-15-5-1-2-6-18(15)19(16)12-17)13-28-23(27)14-30-24-25-20-7-3-4-8-22(20)29-24/h1-10,12H,11,13-14H2. The van der Waals surface area contributed by atoms with E-state index in [1.54, 1.807) is 6.07 Å². The second-order valence-electron chi connectivity index (χ2n) is 7.03. The van der Waals surface area contributed by atoms with Crippen LogP contribution in [0.3, 0.4) is 0 Å². The number of carbonyl (C=O) groups is 2. The predicted molar refractivity (Wildman–Crippen MR) is 115 cm³/mol. The van der Waals surface area contributed by atoms with Gasteiger partial charge in [0.15, 0.2) is 18.0 Å². The number of carbonyl (C=O) groups excluding carboxylic acids is 2. The molecule has 148 valence electrons. The number of nitrogens with zero attached hydrogens (tertiary/aromatic N) is 1. The Balaban J connectivity index is 1.19. The predicted octanol–water partition coefficient (Wildman–Crippen LogP) is 4.92. The molecule has 0 atom stereocenters. The van der Waals surface area contributed by atoms with Crippen LogP contribution in [0.1, 0.15) is 21.5 Å². The summed E-state index contributed by atoms with van der Waals surface area (Å²) >= 11 is 1.15. The van der Waals surface area contributed by atoms with E-state index in [0.717, 1.165) is 34.8 Å². The van der Waals surface area contributed by atoms with Crippen molar-refractivity contribution >= 4 is 34.6 Å². The molecule has 0 saturated heterocycles. The van der Waals surface area contributed by atoms with Crippen molar-refractivity contribution in [1.82, 2.24) is 4.98 Å². The molecule has 4 aromatic rings. The van der Waals surface area contributed by atoms with Gasteiger partial charge in [0.05, 0.1) is 0 Å². The summed E-state index contributed by atoms with van der Waals surface area (Å²) in [5, 5.41) is 0.400. The van der Waals surface area contributed by atoms with Crippen LogP contribution in [0, 0.1) is 0 Å². The maximum atomic E-state index is 12.5. The number of ether oxygens (including phenoxy) is 1. The van der Waals surface area contributed by atoms with Gasteiger partial charge in [-0.15, -0.1) is 0 Å². The maximum Gasteiger partial charge on any atom is 0.316 e. The van der Waals surface area contributed by atoms with Gasteiger partial charge < -0.3 is 9.15 Å². The fourth-order valence-electron chi connectivity index (χ4n) is 3.60. The highest BCUT2D eigenvalue weighted by molar-refractivity contribution is 7.99. The molecule has 0 spiro atoms. The molecule has 5 nitrogen and oxygen atoms in total. The van der Waals surface area contributed by atoms with Crippen molar-refractivity contribution in [3.63, 3.8) is 0 Å². The molecule has 0 aliphatic heterocycles. The van der Waals surface area contributed by atoms with E-state index in [9.17, 15) is 9.59 Å². The van der Waals surface area contributed by atoms with E-state index in [1.165, 1.54) is 11.1 Å². The van der Waals surface area contributed by atoms with Gasteiger partial charge >= 0.3 is 5.97 Å². The van der Waals surface area contributed by atoms with Crippen LogP contribution in [0.2, 0.25) is 0 Å². The summed E-state index contributed by atoms with van der Waals surface area (Å²) < 4.78 is 10.7. The lowest BCUT2D eigenvalue weighted by Crippen LogP contribution is -2.15. The maximum absolute atomic E-state index is 12.5. The van der Waals surface area contributed by atoms with Gasteiger partial charge in [-0.25, -0.2) is 4.98 Å². The number of benzene rings is 3. The lowest BCUT2D eigenvalue weighted by molar-refractivity contribution is -0.139. The molecule has 1 aliphatic carbocycles. The van der Waals surface area contributed by atoms with Gasteiger partial charge in [0.1, 0.15) is 11.3 Å². The van der Waals surface area contributed by atoms with E-state index in [1.807, 2.05) is 48.5 Å². The molecule has 0 N–H and O–H groups in total. The molecular formula is C24H17NO4S. The van der Waals surface area contributed by atoms with Crippen molar-refractivity contribution in [2.24, 2.45) is 0 Å². The molecule has 0 radical (unpaired) electrons. The Hall–Kier alpha value is -3.38. The number of hydrogen-bond acceptors (Lipinski definition) is 6. The minimum Gasteiger partial charge on any atom is -0.457 e. The normalized spacial score (nSPS) is 11.9. The number of para-hydroxylation sites is 2. The highest BCUT2D eigenvalue weighted by atomic mass is 32.2. The summed E-state index contributed by atoms with van der Waals surface area (Å²) in [7, 11) is 0. The molecule has 0 amide bonds. The highest BCUT2D eigenvalue weighted by Crippen LogP contribution is 2.36. The van der Waals surface area contributed by atoms with Crippen molar-refractivity contribution in [3.8, 4) is 11.1 Å². The van der Waals surface area contributed by atoms with Gasteiger partial charge in [-0.2, -0.15) is 0 Å². The monoisotopic (exact) mass is 415 g/mol. The molecule has 30 heavy (non-hydrogen) atoms. The summed E-state index contributed by atoms with van der Waals surface area (Å²) in [6.07, 6.45) is 0.877. The topological polar surface area (TPSA) is 69.4 Å². The van der Waals surface area contributed by atoms with E-state index < -0.39 is 5.97 Å². The Labute approximate surface area is 177 Å². The third-order valence-corrected chi connectivity index (χ3v) is 5.87. The van der Waals surface area contributed by atoms with E-state index in [4.69, 9.17) is 9.15 Å². The zero-order valence-electron chi connectivity index (χ0n) is 16.0. The lowest BCUT2D eigenvalue weighted by Gasteiger charge is -2.06. The first-order valence-corrected chi connectivity index (χ1v) is 10.5. The quantitative estimate of drug-likeness (QED) is 0.223. The summed E-state index contributed by atoms with van der Waals surface area (Å²) in [5.41, 5.74) is 6.66. The number of oxazole rings is 1. The summed E-state index contributed by atoms with van der Waals surface area (Å²) in [6, 6.07) is 21.3. The third kappa shape index (κ3) is 3.62. The van der Waals surface area contributed by atoms with Crippen LogP contribution >= 0.6 is 11.8 Å². The van der Waals surface area contributed by atoms with Crippen LogP contribution in [0.4, 0.5) is 0 Å². The average Bonchev–Trinajstić information content (AvgIpc) is 3.36. The number of hydrogen-bond donors (Lipinski definition) is 0. The van der Waals surface area contributed by atoms with Crippen LogP contribution in [-0.4, -0.2) is 29.1 Å². The summed E-state index contributed by atoms with van der Waals surface area (Å²) in [6.45, 7) is -0.284. The molecule has 5 rings (SSSR count). The molecule has 0 saturated carbocycles. The molecule has 0 fully saturated rings. The fraction of sp³-hybridized carbons (Fsp3) is 0.125. The van der Waals surface area contributed by atoms with Gasteiger partial charge in [0.2, 0.25) is 0 Å². The minimum atomic E-state index is -0.484. The van der Waals surface area contributed by atoms with Gasteiger partial charge in [-0.05, 0) is 46.9 Å². The van der Waals surface area contributed by atoms with Gasteiger partial charge in [0.25, 0.3) is 5.22 Å². The van der Waals surface area contributed by atoms with Crippen molar-refractivity contribution in [3.05, 3.63) is 83.4 Å². The SMILES string of the molecule is O=C(CSc1nc2ccccc2o1)OCC(=O)c1ccc2c(c1)-c1ccccc1C2. The molecule has 1 aliphatic rings. The first kappa shape index (κ1) is 18.6. The van der Waals surface area contributed by atoms with Crippen LogP contribution < -0.4 is 0 Å². The Kier molecular flexibility index (Phi) is 4.85. The van der Waals surface area contributed by atoms with Crippen molar-refractivity contribution in [2.45, 2.75) is 11.6 Å². The molecule has 3 aromatic carbocycles. The molecular weight excluding hydrogens is 398 g/mol. The zero-order valence-corrected chi connectivity index (χ0v) is 16.8. The van der Waals surface area contributed by atoms with Crippen molar-refractivity contribution in [1.29, 1.82) is 0 Å².